The molecule has 0 amide bonds. The Kier molecular flexibility index (Phi) is 7.60. The van der Waals surface area contributed by atoms with Crippen LogP contribution < -0.4 is 14.8 Å². The molecule has 0 bridgehead atoms. The van der Waals surface area contributed by atoms with Gasteiger partial charge in [0.15, 0.2) is 0 Å². The number of hydrogen-bond acceptors (Lipinski definition) is 3. The molecule has 0 aliphatic heterocycles. The zero-order chi connectivity index (χ0) is 14.8. The first-order valence-electron chi connectivity index (χ1n) is 7.20. The van der Waals surface area contributed by atoms with Crippen molar-refractivity contribution in [1.82, 2.24) is 5.32 Å². The van der Waals surface area contributed by atoms with Crippen LogP contribution >= 0.6 is 0 Å². The first-order valence-corrected chi connectivity index (χ1v) is 7.20. The molecule has 20 heavy (non-hydrogen) atoms. The van der Waals surface area contributed by atoms with Crippen LogP contribution in [-0.4, -0.2) is 19.8 Å². The van der Waals surface area contributed by atoms with Crippen LogP contribution in [0.1, 0.15) is 32.8 Å². The smallest absolute Gasteiger partial charge is 0.148 e. The molecule has 1 aromatic carbocycles. The Morgan fingerprint density at radius 3 is 2.75 bits per heavy atom. The van der Waals surface area contributed by atoms with Crippen LogP contribution in [-0.2, 0) is 6.54 Å². The van der Waals surface area contributed by atoms with E-state index in [1.807, 2.05) is 18.2 Å². The molecule has 0 heterocycles. The van der Waals surface area contributed by atoms with Crippen molar-refractivity contribution in [2.45, 2.75) is 33.7 Å². The summed E-state index contributed by atoms with van der Waals surface area (Å²) in [5.74, 6) is 4.74. The van der Waals surface area contributed by atoms with Crippen LogP contribution in [0.25, 0.3) is 0 Å². The predicted octanol–water partition coefficient (Wildman–Crippen LogP) is 3.23. The van der Waals surface area contributed by atoms with E-state index in [1.165, 1.54) is 0 Å². The third-order valence-electron chi connectivity index (χ3n) is 2.69. The first-order chi connectivity index (χ1) is 9.67. The second kappa shape index (κ2) is 9.28. The average molecular weight is 275 g/mol. The van der Waals surface area contributed by atoms with Gasteiger partial charge in [-0.3, -0.25) is 0 Å². The van der Waals surface area contributed by atoms with Gasteiger partial charge in [0.1, 0.15) is 18.1 Å². The van der Waals surface area contributed by atoms with Gasteiger partial charge in [-0.25, -0.2) is 0 Å². The third-order valence-corrected chi connectivity index (χ3v) is 2.69. The van der Waals surface area contributed by atoms with E-state index in [0.717, 1.165) is 36.6 Å². The molecule has 0 saturated carbocycles. The highest BCUT2D eigenvalue weighted by atomic mass is 16.5. The molecule has 3 nitrogen and oxygen atoms in total. The SMILES string of the molecule is C#CCOc1cc(OCCC)ccc1CNCC(C)C. The van der Waals surface area contributed by atoms with Crippen molar-refractivity contribution < 1.29 is 9.47 Å². The lowest BCUT2D eigenvalue weighted by atomic mass is 10.1. The van der Waals surface area contributed by atoms with Crippen molar-refractivity contribution in [2.24, 2.45) is 5.92 Å². The predicted molar refractivity (Wildman–Crippen MR) is 83.1 cm³/mol. The quantitative estimate of drug-likeness (QED) is 0.702. The molecule has 0 aromatic heterocycles. The van der Waals surface area contributed by atoms with Crippen LogP contribution in [0.4, 0.5) is 0 Å². The molecule has 0 atom stereocenters. The van der Waals surface area contributed by atoms with E-state index < -0.39 is 0 Å². The van der Waals surface area contributed by atoms with Gasteiger partial charge in [0.05, 0.1) is 6.61 Å². The van der Waals surface area contributed by atoms with Crippen molar-refractivity contribution in [1.29, 1.82) is 0 Å². The number of nitrogens with one attached hydrogen (secondary N) is 1. The Bertz CT molecular complexity index is 435. The van der Waals surface area contributed by atoms with Crippen LogP contribution in [0.3, 0.4) is 0 Å². The number of benzene rings is 1. The minimum absolute atomic E-state index is 0.272. The van der Waals surface area contributed by atoms with Gasteiger partial charge >= 0.3 is 0 Å². The maximum Gasteiger partial charge on any atom is 0.148 e. The molecule has 0 unspecified atom stereocenters. The highest BCUT2D eigenvalue weighted by molar-refractivity contribution is 5.41. The normalized spacial score (nSPS) is 10.3. The minimum atomic E-state index is 0.272. The monoisotopic (exact) mass is 275 g/mol. The van der Waals surface area contributed by atoms with E-state index in [4.69, 9.17) is 15.9 Å². The van der Waals surface area contributed by atoms with Crippen molar-refractivity contribution in [3.05, 3.63) is 23.8 Å². The fourth-order valence-electron chi connectivity index (χ4n) is 1.74. The van der Waals surface area contributed by atoms with Crippen molar-refractivity contribution >= 4 is 0 Å². The molecular formula is C17H25NO2. The van der Waals surface area contributed by atoms with E-state index in [0.29, 0.717) is 12.5 Å². The maximum atomic E-state index is 5.62. The number of hydrogen-bond donors (Lipinski definition) is 1. The summed E-state index contributed by atoms with van der Waals surface area (Å²) in [7, 11) is 0. The van der Waals surface area contributed by atoms with E-state index in [2.05, 4.69) is 32.0 Å². The Morgan fingerprint density at radius 2 is 2.10 bits per heavy atom. The van der Waals surface area contributed by atoms with E-state index in [-0.39, 0.29) is 6.61 Å². The molecule has 110 valence electrons. The highest BCUT2D eigenvalue weighted by Gasteiger charge is 2.06. The molecule has 0 aliphatic carbocycles. The summed E-state index contributed by atoms with van der Waals surface area (Å²) in [6.07, 6.45) is 6.25. The summed E-state index contributed by atoms with van der Waals surface area (Å²) in [4.78, 5) is 0. The summed E-state index contributed by atoms with van der Waals surface area (Å²) in [5.41, 5.74) is 1.10. The fourth-order valence-corrected chi connectivity index (χ4v) is 1.74. The molecule has 3 heteroatoms. The number of ether oxygens (including phenoxy) is 2. The van der Waals surface area contributed by atoms with Gasteiger partial charge in [-0.2, -0.15) is 0 Å². The summed E-state index contributed by atoms with van der Waals surface area (Å²) in [5, 5.41) is 3.41. The average Bonchev–Trinajstić information content (AvgIpc) is 2.44. The van der Waals surface area contributed by atoms with Gasteiger partial charge in [-0.15, -0.1) is 6.42 Å². The fraction of sp³-hybridized carbons (Fsp3) is 0.529. The summed E-state index contributed by atoms with van der Waals surface area (Å²) in [6, 6.07) is 5.92. The van der Waals surface area contributed by atoms with Crippen LogP contribution in [0, 0.1) is 18.3 Å². The second-order valence-corrected chi connectivity index (χ2v) is 5.14. The molecule has 1 N–H and O–H groups in total. The minimum Gasteiger partial charge on any atom is -0.493 e. The van der Waals surface area contributed by atoms with Gasteiger partial charge in [0.25, 0.3) is 0 Å². The molecule has 0 saturated heterocycles. The van der Waals surface area contributed by atoms with E-state index in [1.54, 1.807) is 0 Å². The van der Waals surface area contributed by atoms with Crippen LogP contribution in [0.15, 0.2) is 18.2 Å². The van der Waals surface area contributed by atoms with Gasteiger partial charge < -0.3 is 14.8 Å². The van der Waals surface area contributed by atoms with Crippen molar-refractivity contribution in [3.63, 3.8) is 0 Å². The van der Waals surface area contributed by atoms with Crippen molar-refractivity contribution in [3.8, 4) is 23.8 Å². The lowest BCUT2D eigenvalue weighted by Gasteiger charge is -2.14. The Morgan fingerprint density at radius 1 is 1.30 bits per heavy atom. The number of rotatable bonds is 9. The second-order valence-electron chi connectivity index (χ2n) is 5.14. The molecular weight excluding hydrogens is 250 g/mol. The van der Waals surface area contributed by atoms with Crippen LogP contribution in [0.2, 0.25) is 0 Å². The summed E-state index contributed by atoms with van der Waals surface area (Å²) < 4.78 is 11.2. The topological polar surface area (TPSA) is 30.5 Å². The molecule has 0 fully saturated rings. The standard InChI is InChI=1S/C17H25NO2/c1-5-9-19-16-8-7-15(13-18-12-14(3)4)17(11-16)20-10-6-2/h2,7-8,11,14,18H,5,9-10,12-13H2,1,3-4H3. The highest BCUT2D eigenvalue weighted by Crippen LogP contribution is 2.25. The van der Waals surface area contributed by atoms with Gasteiger partial charge in [-0.05, 0) is 24.9 Å². The van der Waals surface area contributed by atoms with Crippen molar-refractivity contribution in [2.75, 3.05) is 19.8 Å². The molecule has 0 radical (unpaired) electrons. The Labute approximate surface area is 122 Å². The zero-order valence-corrected chi connectivity index (χ0v) is 12.7. The van der Waals surface area contributed by atoms with Crippen LogP contribution in [0.5, 0.6) is 11.5 Å². The molecule has 0 spiro atoms. The lowest BCUT2D eigenvalue weighted by Crippen LogP contribution is -2.19. The Balaban J connectivity index is 2.72. The number of terminal acetylenes is 1. The van der Waals surface area contributed by atoms with Gasteiger partial charge in [-0.1, -0.05) is 32.8 Å². The molecule has 1 aromatic rings. The maximum absolute atomic E-state index is 5.62. The first kappa shape index (κ1) is 16.4. The van der Waals surface area contributed by atoms with E-state index >= 15 is 0 Å². The molecule has 1 rings (SSSR count). The Hall–Kier alpha value is -1.66. The summed E-state index contributed by atoms with van der Waals surface area (Å²) >= 11 is 0. The van der Waals surface area contributed by atoms with Gasteiger partial charge in [0, 0.05) is 18.2 Å². The lowest BCUT2D eigenvalue weighted by molar-refractivity contribution is 0.311. The largest absolute Gasteiger partial charge is 0.493 e. The molecule has 0 aliphatic rings. The third kappa shape index (κ3) is 5.99. The van der Waals surface area contributed by atoms with Gasteiger partial charge in [0.2, 0.25) is 0 Å². The summed E-state index contributed by atoms with van der Waals surface area (Å²) in [6.45, 7) is 9.18. The van der Waals surface area contributed by atoms with E-state index in [9.17, 15) is 0 Å². The zero-order valence-electron chi connectivity index (χ0n) is 12.7.